The Labute approximate surface area is 140 Å². The van der Waals surface area contributed by atoms with Crippen molar-refractivity contribution < 1.29 is 9.90 Å². The van der Waals surface area contributed by atoms with Crippen molar-refractivity contribution in [3.05, 3.63) is 35.9 Å². The zero-order valence-electron chi connectivity index (χ0n) is 14.7. The molecule has 3 heteroatoms. The molecular weight excluding hydrogens is 286 g/mol. The SMILES string of the molecule is CCC(C)(C)C1CCC(N[C@H](Cc2ccccc2)C(=O)O)CC1. The van der Waals surface area contributed by atoms with Crippen molar-refractivity contribution in [2.45, 2.75) is 71.4 Å². The first-order valence-corrected chi connectivity index (χ1v) is 8.95. The average molecular weight is 317 g/mol. The maximum Gasteiger partial charge on any atom is 0.321 e. The fourth-order valence-corrected chi connectivity index (χ4v) is 3.68. The standard InChI is InChI=1S/C20H31NO2/c1-4-20(2,3)16-10-12-17(13-11-16)21-18(19(22)23)14-15-8-6-5-7-9-15/h5-9,16-18,21H,4,10-14H2,1-3H3,(H,22,23)/t16?,17?,18-/m1/s1. The molecule has 0 heterocycles. The lowest BCUT2D eigenvalue weighted by molar-refractivity contribution is -0.139. The van der Waals surface area contributed by atoms with Crippen molar-refractivity contribution in [1.82, 2.24) is 5.32 Å². The van der Waals surface area contributed by atoms with Gasteiger partial charge in [0.15, 0.2) is 0 Å². The molecule has 1 saturated carbocycles. The van der Waals surface area contributed by atoms with E-state index in [1.54, 1.807) is 0 Å². The molecule has 1 aromatic rings. The Hall–Kier alpha value is -1.35. The van der Waals surface area contributed by atoms with E-state index in [0.717, 1.165) is 24.3 Å². The van der Waals surface area contributed by atoms with Crippen LogP contribution in [-0.4, -0.2) is 23.2 Å². The molecule has 1 fully saturated rings. The number of carboxylic acids is 1. The van der Waals surface area contributed by atoms with E-state index >= 15 is 0 Å². The molecule has 0 saturated heterocycles. The van der Waals surface area contributed by atoms with Crippen LogP contribution in [0, 0.1) is 11.3 Å². The fraction of sp³-hybridized carbons (Fsp3) is 0.650. The van der Waals surface area contributed by atoms with Gasteiger partial charge >= 0.3 is 5.97 Å². The Morgan fingerprint density at radius 2 is 1.83 bits per heavy atom. The average Bonchev–Trinajstić information content (AvgIpc) is 2.55. The maximum atomic E-state index is 11.6. The minimum atomic E-state index is -0.745. The number of nitrogens with one attached hydrogen (secondary N) is 1. The molecule has 2 rings (SSSR count). The number of hydrogen-bond donors (Lipinski definition) is 2. The van der Waals surface area contributed by atoms with E-state index in [4.69, 9.17) is 0 Å². The van der Waals surface area contributed by atoms with Crippen molar-refractivity contribution >= 4 is 5.97 Å². The minimum Gasteiger partial charge on any atom is -0.480 e. The third-order valence-electron chi connectivity index (χ3n) is 5.76. The van der Waals surface area contributed by atoms with Gasteiger partial charge in [-0.1, -0.05) is 57.5 Å². The number of carbonyl (C=O) groups is 1. The van der Waals surface area contributed by atoms with Crippen LogP contribution in [0.15, 0.2) is 30.3 Å². The molecule has 1 aromatic carbocycles. The number of carboxylic acid groups (broad SMARTS) is 1. The van der Waals surface area contributed by atoms with E-state index in [0.29, 0.717) is 17.9 Å². The summed E-state index contributed by atoms with van der Waals surface area (Å²) in [5.41, 5.74) is 1.48. The molecule has 0 amide bonds. The van der Waals surface area contributed by atoms with Crippen LogP contribution in [0.2, 0.25) is 0 Å². The summed E-state index contributed by atoms with van der Waals surface area (Å²) in [7, 11) is 0. The summed E-state index contributed by atoms with van der Waals surface area (Å²) >= 11 is 0. The second-order valence-corrected chi connectivity index (χ2v) is 7.64. The molecule has 0 spiro atoms. The number of hydrogen-bond acceptors (Lipinski definition) is 2. The smallest absolute Gasteiger partial charge is 0.321 e. The van der Waals surface area contributed by atoms with E-state index in [9.17, 15) is 9.90 Å². The van der Waals surface area contributed by atoms with Crippen LogP contribution in [0.25, 0.3) is 0 Å². The summed E-state index contributed by atoms with van der Waals surface area (Å²) in [6, 6.07) is 9.74. The lowest BCUT2D eigenvalue weighted by Crippen LogP contribution is -2.46. The summed E-state index contributed by atoms with van der Waals surface area (Å²) in [5, 5.41) is 12.9. The first-order valence-electron chi connectivity index (χ1n) is 8.95. The van der Waals surface area contributed by atoms with Crippen LogP contribution in [0.4, 0.5) is 0 Å². The second-order valence-electron chi connectivity index (χ2n) is 7.64. The Morgan fingerprint density at radius 1 is 1.22 bits per heavy atom. The summed E-state index contributed by atoms with van der Waals surface area (Å²) in [5.74, 6) is 0.0211. The molecule has 2 N–H and O–H groups in total. The molecule has 23 heavy (non-hydrogen) atoms. The van der Waals surface area contributed by atoms with Crippen molar-refractivity contribution in [2.24, 2.45) is 11.3 Å². The largest absolute Gasteiger partial charge is 0.480 e. The van der Waals surface area contributed by atoms with Gasteiger partial charge in [0.25, 0.3) is 0 Å². The zero-order valence-corrected chi connectivity index (χ0v) is 14.7. The van der Waals surface area contributed by atoms with Crippen molar-refractivity contribution in [2.75, 3.05) is 0 Å². The molecule has 128 valence electrons. The van der Waals surface area contributed by atoms with Crippen molar-refractivity contribution in [3.63, 3.8) is 0 Å². The summed E-state index contributed by atoms with van der Waals surface area (Å²) in [6.45, 7) is 6.99. The zero-order chi connectivity index (χ0) is 16.9. The highest BCUT2D eigenvalue weighted by atomic mass is 16.4. The first-order chi connectivity index (χ1) is 10.9. The highest BCUT2D eigenvalue weighted by Crippen LogP contribution is 2.40. The van der Waals surface area contributed by atoms with Gasteiger partial charge in [0.2, 0.25) is 0 Å². The van der Waals surface area contributed by atoms with E-state index < -0.39 is 12.0 Å². The molecule has 0 unspecified atom stereocenters. The molecule has 1 atom stereocenters. The fourth-order valence-electron chi connectivity index (χ4n) is 3.68. The quantitative estimate of drug-likeness (QED) is 0.789. The van der Waals surface area contributed by atoms with Crippen LogP contribution in [0.1, 0.15) is 58.4 Å². The second kappa shape index (κ2) is 7.96. The lowest BCUT2D eigenvalue weighted by atomic mass is 9.69. The number of aliphatic carboxylic acids is 1. The van der Waals surface area contributed by atoms with Gasteiger partial charge in [-0.05, 0) is 49.0 Å². The highest BCUT2D eigenvalue weighted by molar-refractivity contribution is 5.74. The van der Waals surface area contributed by atoms with E-state index in [1.807, 2.05) is 30.3 Å². The van der Waals surface area contributed by atoms with Crippen LogP contribution in [-0.2, 0) is 11.2 Å². The monoisotopic (exact) mass is 317 g/mol. The molecule has 0 aromatic heterocycles. The molecular formula is C20H31NO2. The molecule has 0 bridgehead atoms. The van der Waals surface area contributed by atoms with Crippen LogP contribution >= 0.6 is 0 Å². The van der Waals surface area contributed by atoms with E-state index in [2.05, 4.69) is 26.1 Å². The van der Waals surface area contributed by atoms with Crippen molar-refractivity contribution in [1.29, 1.82) is 0 Å². The van der Waals surface area contributed by atoms with E-state index in [-0.39, 0.29) is 0 Å². The normalized spacial score (nSPS) is 23.4. The highest BCUT2D eigenvalue weighted by Gasteiger charge is 2.33. The molecule has 1 aliphatic carbocycles. The molecule has 3 nitrogen and oxygen atoms in total. The van der Waals surface area contributed by atoms with Crippen LogP contribution in [0.3, 0.4) is 0 Å². The first kappa shape index (κ1) is 18.0. The van der Waals surface area contributed by atoms with Gasteiger partial charge in [-0.3, -0.25) is 4.79 Å². The van der Waals surface area contributed by atoms with Crippen LogP contribution in [0.5, 0.6) is 0 Å². The molecule has 0 aliphatic heterocycles. The predicted octanol–water partition coefficient (Wildman–Crippen LogP) is 4.27. The van der Waals surface area contributed by atoms with Gasteiger partial charge in [-0.15, -0.1) is 0 Å². The van der Waals surface area contributed by atoms with Gasteiger partial charge in [0.05, 0.1) is 0 Å². The number of benzene rings is 1. The Morgan fingerprint density at radius 3 is 2.35 bits per heavy atom. The van der Waals surface area contributed by atoms with Crippen LogP contribution < -0.4 is 5.32 Å². The van der Waals surface area contributed by atoms with E-state index in [1.165, 1.54) is 19.3 Å². The third kappa shape index (κ3) is 5.07. The molecule has 1 aliphatic rings. The Kier molecular flexibility index (Phi) is 6.23. The minimum absolute atomic E-state index is 0.337. The Balaban J connectivity index is 1.89. The predicted molar refractivity (Wildman–Crippen MR) is 94.5 cm³/mol. The third-order valence-corrected chi connectivity index (χ3v) is 5.76. The summed E-state index contributed by atoms with van der Waals surface area (Å²) < 4.78 is 0. The van der Waals surface area contributed by atoms with Gasteiger partial charge in [-0.2, -0.15) is 0 Å². The molecule has 0 radical (unpaired) electrons. The van der Waals surface area contributed by atoms with Gasteiger partial charge in [0, 0.05) is 6.04 Å². The lowest BCUT2D eigenvalue weighted by Gasteiger charge is -2.39. The van der Waals surface area contributed by atoms with Gasteiger partial charge < -0.3 is 10.4 Å². The summed E-state index contributed by atoms with van der Waals surface area (Å²) in [4.78, 5) is 11.6. The number of rotatable bonds is 7. The Bertz CT molecular complexity index is 490. The van der Waals surface area contributed by atoms with Gasteiger partial charge in [0.1, 0.15) is 6.04 Å². The summed E-state index contributed by atoms with van der Waals surface area (Å²) in [6.07, 6.45) is 6.35. The van der Waals surface area contributed by atoms with Gasteiger partial charge in [-0.25, -0.2) is 0 Å². The topological polar surface area (TPSA) is 49.3 Å². The van der Waals surface area contributed by atoms with Crippen molar-refractivity contribution in [3.8, 4) is 0 Å². The maximum absolute atomic E-state index is 11.6.